The number of benzene rings is 2. The van der Waals surface area contributed by atoms with Crippen LogP contribution < -0.4 is 10.1 Å². The smallest absolute Gasteiger partial charge is 0.224 e. The van der Waals surface area contributed by atoms with E-state index in [0.717, 1.165) is 40.7 Å². The normalized spacial score (nSPS) is 28.6. The summed E-state index contributed by atoms with van der Waals surface area (Å²) < 4.78 is 6.28. The van der Waals surface area contributed by atoms with Crippen molar-refractivity contribution in [3.63, 3.8) is 0 Å². The zero-order valence-corrected chi connectivity index (χ0v) is 21.0. The number of ether oxygens (including phenoxy) is 1. The highest BCUT2D eigenvalue weighted by Gasteiger charge is 2.60. The number of piperidine rings is 1. The molecule has 2 N–H and O–H groups in total. The molecule has 33 heavy (non-hydrogen) atoms. The molecule has 0 radical (unpaired) electrons. The molecular formula is C26H33Cl2N2O3+. The second-order valence-electron chi connectivity index (χ2n) is 10.3. The van der Waals surface area contributed by atoms with E-state index in [1.165, 1.54) is 0 Å². The summed E-state index contributed by atoms with van der Waals surface area (Å²) in [5, 5.41) is 16.2. The molecule has 1 aliphatic heterocycles. The van der Waals surface area contributed by atoms with Gasteiger partial charge in [0.15, 0.2) is 0 Å². The molecule has 1 amide bonds. The number of amides is 1. The van der Waals surface area contributed by atoms with Crippen molar-refractivity contribution < 1.29 is 19.1 Å². The van der Waals surface area contributed by atoms with Gasteiger partial charge < -0.3 is 19.6 Å². The van der Waals surface area contributed by atoms with Gasteiger partial charge in [-0.1, -0.05) is 41.4 Å². The fraction of sp³-hybridized carbons (Fsp3) is 0.500. The zero-order valence-electron chi connectivity index (χ0n) is 19.5. The van der Waals surface area contributed by atoms with E-state index in [1.807, 2.05) is 18.2 Å². The van der Waals surface area contributed by atoms with Gasteiger partial charge in [0.05, 0.1) is 44.2 Å². The number of nitrogens with one attached hydrogen (secondary N) is 1. The maximum atomic E-state index is 12.9. The molecule has 3 atom stereocenters. The van der Waals surface area contributed by atoms with Gasteiger partial charge >= 0.3 is 0 Å². The first kappa shape index (κ1) is 24.3. The number of quaternary nitrogens is 1. The molecule has 0 aromatic heterocycles. The van der Waals surface area contributed by atoms with E-state index in [9.17, 15) is 9.90 Å². The molecule has 2 aliphatic rings. The lowest BCUT2D eigenvalue weighted by atomic mass is 9.55. The predicted molar refractivity (Wildman–Crippen MR) is 132 cm³/mol. The van der Waals surface area contributed by atoms with E-state index in [2.05, 4.69) is 31.5 Å². The monoisotopic (exact) mass is 491 g/mol. The van der Waals surface area contributed by atoms with Crippen LogP contribution in [0.25, 0.3) is 0 Å². The van der Waals surface area contributed by atoms with Gasteiger partial charge in [-0.15, -0.1) is 0 Å². The number of likely N-dealkylation sites (tertiary alicyclic amines) is 1. The molecule has 2 aromatic rings. The van der Waals surface area contributed by atoms with Crippen LogP contribution in [-0.2, 0) is 16.6 Å². The van der Waals surface area contributed by atoms with Gasteiger partial charge in [0.25, 0.3) is 0 Å². The molecule has 7 heteroatoms. The molecule has 1 saturated heterocycles. The van der Waals surface area contributed by atoms with Crippen LogP contribution in [-0.4, -0.2) is 61.4 Å². The fourth-order valence-corrected chi connectivity index (χ4v) is 6.22. The molecule has 0 bridgehead atoms. The highest BCUT2D eigenvalue weighted by atomic mass is 35.5. The number of halogens is 2. The van der Waals surface area contributed by atoms with Crippen LogP contribution in [0.3, 0.4) is 0 Å². The number of methoxy groups -OCH3 is 1. The van der Waals surface area contributed by atoms with Crippen molar-refractivity contribution in [1.82, 2.24) is 5.32 Å². The minimum absolute atomic E-state index is 0.0135. The maximum Gasteiger partial charge on any atom is 0.224 e. The Morgan fingerprint density at radius 2 is 1.97 bits per heavy atom. The van der Waals surface area contributed by atoms with Crippen LogP contribution in [0, 0.1) is 0 Å². The van der Waals surface area contributed by atoms with Crippen LogP contribution in [0.5, 0.6) is 5.75 Å². The molecule has 2 aromatic carbocycles. The molecule has 0 spiro atoms. The van der Waals surface area contributed by atoms with E-state index in [-0.39, 0.29) is 18.4 Å². The third-order valence-electron chi connectivity index (χ3n) is 7.56. The summed E-state index contributed by atoms with van der Waals surface area (Å²) in [7, 11) is 6.02. The molecule has 4 rings (SSSR count). The van der Waals surface area contributed by atoms with Gasteiger partial charge in [-0.25, -0.2) is 0 Å². The average Bonchev–Trinajstić information content (AvgIpc) is 2.76. The van der Waals surface area contributed by atoms with Crippen LogP contribution in [0.4, 0.5) is 0 Å². The molecule has 1 saturated carbocycles. The molecule has 2 fully saturated rings. The Morgan fingerprint density at radius 3 is 2.70 bits per heavy atom. The molecule has 0 unspecified atom stereocenters. The van der Waals surface area contributed by atoms with Gasteiger partial charge in [-0.3, -0.25) is 4.79 Å². The lowest BCUT2D eigenvalue weighted by Gasteiger charge is -2.58. The Morgan fingerprint density at radius 1 is 1.18 bits per heavy atom. The van der Waals surface area contributed by atoms with E-state index in [1.54, 1.807) is 19.2 Å². The highest BCUT2D eigenvalue weighted by molar-refractivity contribution is 6.42. The van der Waals surface area contributed by atoms with E-state index in [4.69, 9.17) is 27.9 Å². The minimum Gasteiger partial charge on any atom is -0.497 e. The van der Waals surface area contributed by atoms with Gasteiger partial charge in [0.2, 0.25) is 5.91 Å². The van der Waals surface area contributed by atoms with Crippen molar-refractivity contribution >= 4 is 29.1 Å². The number of aliphatic hydroxyl groups is 1. The molecular weight excluding hydrogens is 459 g/mol. The first-order valence-corrected chi connectivity index (χ1v) is 12.2. The Labute approximate surface area is 206 Å². The molecule has 1 heterocycles. The van der Waals surface area contributed by atoms with Gasteiger partial charge in [-0.2, -0.15) is 0 Å². The van der Waals surface area contributed by atoms with Crippen molar-refractivity contribution in [3.8, 4) is 5.75 Å². The van der Waals surface area contributed by atoms with Crippen LogP contribution in [0.1, 0.15) is 36.8 Å². The molecule has 178 valence electrons. The Bertz CT molecular complexity index is 1040. The van der Waals surface area contributed by atoms with E-state index >= 15 is 0 Å². The third kappa shape index (κ3) is 4.88. The number of carbonyl (C=O) groups is 1. The summed E-state index contributed by atoms with van der Waals surface area (Å²) in [4.78, 5) is 12.9. The Kier molecular flexibility index (Phi) is 6.71. The van der Waals surface area contributed by atoms with Crippen LogP contribution in [0.15, 0.2) is 42.5 Å². The quantitative estimate of drug-likeness (QED) is 0.610. The lowest BCUT2D eigenvalue weighted by molar-refractivity contribution is -0.905. The predicted octanol–water partition coefficient (Wildman–Crippen LogP) is 4.36. The largest absolute Gasteiger partial charge is 0.497 e. The summed E-state index contributed by atoms with van der Waals surface area (Å²) in [5.41, 5.74) is 0.641. The second-order valence-corrected chi connectivity index (χ2v) is 11.2. The van der Waals surface area contributed by atoms with Crippen LogP contribution >= 0.6 is 23.2 Å². The number of likely N-dealkylation sites (N-methyl/N-ethyl adjacent to an activating group) is 1. The van der Waals surface area contributed by atoms with Crippen molar-refractivity contribution in [2.45, 2.75) is 49.2 Å². The number of hydrogen-bond donors (Lipinski definition) is 2. The number of carbonyl (C=O) groups excluding carboxylic acids is 1. The first-order valence-electron chi connectivity index (χ1n) is 11.5. The van der Waals surface area contributed by atoms with E-state index < -0.39 is 11.0 Å². The number of hydrogen-bond acceptors (Lipinski definition) is 3. The lowest BCUT2D eigenvalue weighted by Crippen LogP contribution is -2.70. The van der Waals surface area contributed by atoms with Crippen molar-refractivity contribution in [3.05, 3.63) is 63.6 Å². The summed E-state index contributed by atoms with van der Waals surface area (Å²) >= 11 is 12.1. The zero-order chi connectivity index (χ0) is 23.9. The summed E-state index contributed by atoms with van der Waals surface area (Å²) in [5.74, 6) is 0.742. The molecule has 1 aliphatic carbocycles. The summed E-state index contributed by atoms with van der Waals surface area (Å²) in [6.07, 6.45) is 3.18. The fourth-order valence-electron chi connectivity index (χ4n) is 5.90. The Balaban J connectivity index is 1.58. The summed E-state index contributed by atoms with van der Waals surface area (Å²) in [6.45, 7) is 1.65. The standard InChI is InChI=1S/C26H32Cl2N2O3/c1-30(2)12-11-25(19-5-4-6-21(15-19)33-3)16-20(9-10-26(25,32)17-30)29-24(31)14-18-7-8-22(27)23(28)13-18/h4-8,13,15,20,32H,9-12,14,16-17H2,1-3H3/p+1/t20-,25+,26+/m1/s1. The number of fused-ring (bicyclic) bond motifs is 1. The van der Waals surface area contributed by atoms with Gasteiger partial charge in [0.1, 0.15) is 17.9 Å². The topological polar surface area (TPSA) is 58.6 Å². The van der Waals surface area contributed by atoms with Gasteiger partial charge in [0, 0.05) is 17.9 Å². The highest BCUT2D eigenvalue weighted by Crippen LogP contribution is 2.52. The maximum absolute atomic E-state index is 12.9. The van der Waals surface area contributed by atoms with Gasteiger partial charge in [-0.05, 0) is 54.7 Å². The Hall–Kier alpha value is -1.79. The molecule has 5 nitrogen and oxygen atoms in total. The summed E-state index contributed by atoms with van der Waals surface area (Å²) in [6, 6.07) is 13.3. The van der Waals surface area contributed by atoms with Crippen LogP contribution in [0.2, 0.25) is 10.0 Å². The third-order valence-corrected chi connectivity index (χ3v) is 8.30. The number of rotatable bonds is 5. The van der Waals surface area contributed by atoms with Crippen molar-refractivity contribution in [2.24, 2.45) is 0 Å². The van der Waals surface area contributed by atoms with Crippen molar-refractivity contribution in [1.29, 1.82) is 0 Å². The second kappa shape index (κ2) is 9.10. The minimum atomic E-state index is -0.841. The average molecular weight is 492 g/mol. The first-order chi connectivity index (χ1) is 15.6. The van der Waals surface area contributed by atoms with Crippen molar-refractivity contribution in [2.75, 3.05) is 34.3 Å². The SMILES string of the molecule is COc1cccc([C@@]23CC[N+](C)(C)C[C@@]2(O)CC[C@@H](NC(=O)Cc2ccc(Cl)c(Cl)c2)C3)c1. The number of nitrogens with zero attached hydrogens (tertiary/aromatic N) is 1. The van der Waals surface area contributed by atoms with E-state index in [0.29, 0.717) is 29.4 Å².